The molecule has 3 aromatic rings. The van der Waals surface area contributed by atoms with E-state index in [0.717, 1.165) is 10.0 Å². The highest BCUT2D eigenvalue weighted by molar-refractivity contribution is 9.10. The predicted octanol–water partition coefficient (Wildman–Crippen LogP) is 4.36. The number of aryl methyl sites for hydroxylation is 1. The van der Waals surface area contributed by atoms with Crippen LogP contribution in [0.4, 0.5) is 5.69 Å². The Labute approximate surface area is 152 Å². The minimum absolute atomic E-state index is 0.0699. The van der Waals surface area contributed by atoms with Crippen molar-refractivity contribution < 1.29 is 4.79 Å². The number of aromatic nitrogens is 1. The highest BCUT2D eigenvalue weighted by Gasteiger charge is 2.08. The van der Waals surface area contributed by atoms with Crippen molar-refractivity contribution >= 4 is 50.0 Å². The van der Waals surface area contributed by atoms with Crippen LogP contribution in [0.3, 0.4) is 0 Å². The van der Waals surface area contributed by atoms with Crippen LogP contribution in [0, 0.1) is 6.92 Å². The van der Waals surface area contributed by atoms with Crippen molar-refractivity contribution in [2.45, 2.75) is 13.5 Å². The molecule has 6 heteroatoms. The van der Waals surface area contributed by atoms with Crippen LogP contribution >= 0.6 is 27.5 Å². The molecule has 0 spiro atoms. The molecule has 2 aromatic carbocycles. The number of hydrogen-bond acceptors (Lipinski definition) is 2. The van der Waals surface area contributed by atoms with E-state index in [-0.39, 0.29) is 17.9 Å². The highest BCUT2D eigenvalue weighted by Crippen LogP contribution is 2.20. The number of halogens is 2. The first kappa shape index (κ1) is 16.7. The second-order valence-corrected chi connectivity index (χ2v) is 6.80. The van der Waals surface area contributed by atoms with E-state index in [4.69, 9.17) is 11.6 Å². The molecule has 1 aromatic heterocycles. The molecule has 0 aliphatic heterocycles. The molecule has 1 N–H and O–H groups in total. The summed E-state index contributed by atoms with van der Waals surface area (Å²) in [7, 11) is 0. The average Bonchev–Trinajstić information content (AvgIpc) is 2.53. The zero-order chi connectivity index (χ0) is 17.3. The van der Waals surface area contributed by atoms with Crippen molar-refractivity contribution in [3.8, 4) is 0 Å². The number of carbonyl (C=O) groups is 1. The Morgan fingerprint density at radius 2 is 2.00 bits per heavy atom. The molecule has 1 amide bonds. The van der Waals surface area contributed by atoms with Crippen LogP contribution in [0.2, 0.25) is 5.02 Å². The van der Waals surface area contributed by atoms with Crippen molar-refractivity contribution in [2.24, 2.45) is 0 Å². The zero-order valence-electron chi connectivity index (χ0n) is 12.8. The van der Waals surface area contributed by atoms with Gasteiger partial charge < -0.3 is 9.88 Å². The third-order valence-electron chi connectivity index (χ3n) is 3.71. The number of nitrogens with one attached hydrogen (secondary N) is 1. The highest BCUT2D eigenvalue weighted by atomic mass is 79.9. The molecule has 3 rings (SSSR count). The fourth-order valence-corrected chi connectivity index (χ4v) is 2.97. The van der Waals surface area contributed by atoms with E-state index in [9.17, 15) is 9.59 Å². The van der Waals surface area contributed by atoms with Gasteiger partial charge in [0.25, 0.3) is 0 Å². The summed E-state index contributed by atoms with van der Waals surface area (Å²) >= 11 is 9.47. The molecule has 0 saturated heterocycles. The Hall–Kier alpha value is -2.11. The molecule has 0 atom stereocenters. The molecule has 0 aliphatic carbocycles. The van der Waals surface area contributed by atoms with Crippen LogP contribution in [0.15, 0.2) is 57.9 Å². The topological polar surface area (TPSA) is 51.1 Å². The Morgan fingerprint density at radius 1 is 1.21 bits per heavy atom. The van der Waals surface area contributed by atoms with Gasteiger partial charge in [0, 0.05) is 32.8 Å². The van der Waals surface area contributed by atoms with Gasteiger partial charge in [-0.15, -0.1) is 0 Å². The molecule has 0 radical (unpaired) electrons. The van der Waals surface area contributed by atoms with Crippen molar-refractivity contribution in [3.63, 3.8) is 0 Å². The number of pyridine rings is 1. The van der Waals surface area contributed by atoms with Crippen LogP contribution in [-0.2, 0) is 11.3 Å². The van der Waals surface area contributed by atoms with E-state index < -0.39 is 0 Å². The molecule has 0 bridgehead atoms. The SMILES string of the molecule is Cc1ccc(NC(=O)Cn2ccc(=O)c3ccc(Br)cc32)cc1Cl. The molecule has 4 nitrogen and oxygen atoms in total. The number of nitrogens with zero attached hydrogens (tertiary/aromatic N) is 1. The molecular weight excluding hydrogens is 392 g/mol. The minimum atomic E-state index is -0.195. The zero-order valence-corrected chi connectivity index (χ0v) is 15.2. The van der Waals surface area contributed by atoms with Crippen molar-refractivity contribution in [2.75, 3.05) is 5.32 Å². The van der Waals surface area contributed by atoms with Gasteiger partial charge in [-0.3, -0.25) is 9.59 Å². The maximum absolute atomic E-state index is 12.3. The third kappa shape index (κ3) is 3.52. The number of rotatable bonds is 3. The number of benzene rings is 2. The van der Waals surface area contributed by atoms with Crippen LogP contribution in [0.5, 0.6) is 0 Å². The van der Waals surface area contributed by atoms with Gasteiger partial charge >= 0.3 is 0 Å². The summed E-state index contributed by atoms with van der Waals surface area (Å²) < 4.78 is 2.59. The first-order valence-corrected chi connectivity index (χ1v) is 8.46. The van der Waals surface area contributed by atoms with E-state index in [1.807, 2.05) is 25.1 Å². The Kier molecular flexibility index (Phi) is 4.73. The summed E-state index contributed by atoms with van der Waals surface area (Å²) in [6, 6.07) is 12.2. The maximum atomic E-state index is 12.3. The van der Waals surface area contributed by atoms with Crippen molar-refractivity contribution in [1.82, 2.24) is 4.57 Å². The van der Waals surface area contributed by atoms with Crippen molar-refractivity contribution in [1.29, 1.82) is 0 Å². The van der Waals surface area contributed by atoms with E-state index >= 15 is 0 Å². The second-order valence-electron chi connectivity index (χ2n) is 5.48. The second kappa shape index (κ2) is 6.79. The van der Waals surface area contributed by atoms with Gasteiger partial charge in [-0.05, 0) is 42.8 Å². The van der Waals surface area contributed by atoms with Gasteiger partial charge in [0.2, 0.25) is 5.91 Å². The van der Waals surface area contributed by atoms with Crippen LogP contribution in [0.1, 0.15) is 5.56 Å². The predicted molar refractivity (Wildman–Crippen MR) is 101 cm³/mol. The number of amides is 1. The Balaban J connectivity index is 1.88. The van der Waals surface area contributed by atoms with Gasteiger partial charge in [0.05, 0.1) is 5.52 Å². The molecule has 1 heterocycles. The lowest BCUT2D eigenvalue weighted by molar-refractivity contribution is -0.116. The summed E-state index contributed by atoms with van der Waals surface area (Å²) in [6.07, 6.45) is 1.62. The summed E-state index contributed by atoms with van der Waals surface area (Å²) in [5, 5.41) is 4.00. The third-order valence-corrected chi connectivity index (χ3v) is 4.61. The lowest BCUT2D eigenvalue weighted by Crippen LogP contribution is -2.20. The van der Waals surface area contributed by atoms with E-state index in [1.54, 1.807) is 29.0 Å². The Morgan fingerprint density at radius 3 is 2.75 bits per heavy atom. The minimum Gasteiger partial charge on any atom is -0.338 e. The van der Waals surface area contributed by atoms with E-state index in [2.05, 4.69) is 21.2 Å². The lowest BCUT2D eigenvalue weighted by atomic mass is 10.2. The molecule has 24 heavy (non-hydrogen) atoms. The number of carbonyl (C=O) groups excluding carboxylic acids is 1. The standard InChI is InChI=1S/C18H14BrClN2O2/c1-11-2-4-13(9-15(11)20)21-18(24)10-22-7-6-17(23)14-5-3-12(19)8-16(14)22/h2-9H,10H2,1H3,(H,21,24). The Bertz CT molecular complexity index is 998. The molecule has 0 aliphatic rings. The number of anilines is 1. The molecular formula is C18H14BrClN2O2. The summed E-state index contributed by atoms with van der Waals surface area (Å²) in [5.41, 5.74) is 2.22. The van der Waals surface area contributed by atoms with Crippen molar-refractivity contribution in [3.05, 3.63) is 73.9 Å². The fraction of sp³-hybridized carbons (Fsp3) is 0.111. The van der Waals surface area contributed by atoms with E-state index in [1.165, 1.54) is 6.07 Å². The molecule has 122 valence electrons. The first-order valence-electron chi connectivity index (χ1n) is 7.29. The smallest absolute Gasteiger partial charge is 0.244 e. The largest absolute Gasteiger partial charge is 0.338 e. The first-order chi connectivity index (χ1) is 11.4. The number of fused-ring (bicyclic) bond motifs is 1. The van der Waals surface area contributed by atoms with Gasteiger partial charge in [0.15, 0.2) is 5.43 Å². The van der Waals surface area contributed by atoms with Crippen LogP contribution in [-0.4, -0.2) is 10.5 Å². The van der Waals surface area contributed by atoms with Gasteiger partial charge in [0.1, 0.15) is 6.54 Å². The van der Waals surface area contributed by atoms with Gasteiger partial charge in [-0.1, -0.05) is 33.6 Å². The average molecular weight is 406 g/mol. The van der Waals surface area contributed by atoms with Crippen LogP contribution < -0.4 is 10.7 Å². The summed E-state index contributed by atoms with van der Waals surface area (Å²) in [4.78, 5) is 24.3. The molecule has 0 saturated carbocycles. The summed E-state index contributed by atoms with van der Waals surface area (Å²) in [6.45, 7) is 2.00. The van der Waals surface area contributed by atoms with Gasteiger partial charge in [-0.2, -0.15) is 0 Å². The van der Waals surface area contributed by atoms with Crippen LogP contribution in [0.25, 0.3) is 10.9 Å². The molecule has 0 unspecified atom stereocenters. The van der Waals surface area contributed by atoms with Gasteiger partial charge in [-0.25, -0.2) is 0 Å². The maximum Gasteiger partial charge on any atom is 0.244 e. The molecule has 0 fully saturated rings. The number of hydrogen-bond donors (Lipinski definition) is 1. The normalized spacial score (nSPS) is 10.8. The quantitative estimate of drug-likeness (QED) is 0.704. The summed E-state index contributed by atoms with van der Waals surface area (Å²) in [5.74, 6) is -0.195. The van der Waals surface area contributed by atoms with E-state index in [0.29, 0.717) is 21.6 Å². The lowest BCUT2D eigenvalue weighted by Gasteiger charge is -2.12. The fourth-order valence-electron chi connectivity index (χ4n) is 2.44. The monoisotopic (exact) mass is 404 g/mol.